The molecule has 3 heterocycles. The van der Waals surface area contributed by atoms with Crippen molar-refractivity contribution in [2.24, 2.45) is 0 Å². The summed E-state index contributed by atoms with van der Waals surface area (Å²) in [5.74, 6) is 0. The third kappa shape index (κ3) is 7.77. The summed E-state index contributed by atoms with van der Waals surface area (Å²) in [6.45, 7) is 19.8. The highest BCUT2D eigenvalue weighted by molar-refractivity contribution is 7.24. The molecule has 0 atom stereocenters. The molecule has 0 amide bonds. The van der Waals surface area contributed by atoms with Crippen LogP contribution in [0.5, 0.6) is 0 Å². The zero-order chi connectivity index (χ0) is 25.1. The van der Waals surface area contributed by atoms with Gasteiger partial charge in [-0.2, -0.15) is 0 Å². The third-order valence-corrected chi connectivity index (χ3v) is 9.57. The predicted molar refractivity (Wildman–Crippen MR) is 157 cm³/mol. The number of hydrogen-bond acceptors (Lipinski definition) is 3. The first-order valence-electron chi connectivity index (χ1n) is 13.5. The molecule has 0 aliphatic heterocycles. The highest BCUT2D eigenvalue weighted by Crippen LogP contribution is 2.37. The Morgan fingerprint density at radius 3 is 2.03 bits per heavy atom. The molecule has 190 valence electrons. The average molecular weight is 512 g/mol. The Morgan fingerprint density at radius 2 is 1.40 bits per heavy atom. The van der Waals surface area contributed by atoms with Crippen molar-refractivity contribution >= 4 is 39.8 Å². The van der Waals surface area contributed by atoms with Crippen molar-refractivity contribution in [3.63, 3.8) is 0 Å². The van der Waals surface area contributed by atoms with E-state index in [1.807, 2.05) is 22.7 Å². The molecule has 3 aromatic heterocycles. The van der Waals surface area contributed by atoms with Gasteiger partial charge in [-0.25, -0.2) is 4.57 Å². The number of quaternary nitrogens is 1. The molecule has 0 radical (unpaired) electrons. The van der Waals surface area contributed by atoms with Gasteiger partial charge in [0.15, 0.2) is 18.9 Å². The van der Waals surface area contributed by atoms with E-state index in [0.717, 1.165) is 19.6 Å². The number of pyridine rings is 1. The highest BCUT2D eigenvalue weighted by Gasteiger charge is 2.20. The second-order valence-electron chi connectivity index (χ2n) is 9.40. The molecule has 0 fully saturated rings. The molecule has 5 heteroatoms. The second kappa shape index (κ2) is 14.0. The van der Waals surface area contributed by atoms with Crippen LogP contribution in [0.1, 0.15) is 64.3 Å². The lowest BCUT2D eigenvalue weighted by atomic mass is 10.2. The molecular formula is C30H45N3S2+2. The zero-order valence-electron chi connectivity index (χ0n) is 22.5. The van der Waals surface area contributed by atoms with E-state index in [-0.39, 0.29) is 0 Å². The zero-order valence-corrected chi connectivity index (χ0v) is 24.1. The fourth-order valence-corrected chi connectivity index (χ4v) is 6.78. The van der Waals surface area contributed by atoms with Gasteiger partial charge in [0.05, 0.1) is 37.6 Å². The quantitative estimate of drug-likeness (QED) is 0.149. The maximum atomic E-state index is 2.52. The second-order valence-corrected chi connectivity index (χ2v) is 11.6. The van der Waals surface area contributed by atoms with E-state index in [9.17, 15) is 0 Å². The summed E-state index contributed by atoms with van der Waals surface area (Å²) >= 11 is 3.80. The van der Waals surface area contributed by atoms with Crippen molar-refractivity contribution in [2.45, 2.75) is 60.4 Å². The first-order chi connectivity index (χ1) is 17.1. The van der Waals surface area contributed by atoms with Gasteiger partial charge >= 0.3 is 0 Å². The summed E-state index contributed by atoms with van der Waals surface area (Å²) in [7, 11) is 0. The smallest absolute Gasteiger partial charge is 0.169 e. The Balaban J connectivity index is 1.56. The maximum Gasteiger partial charge on any atom is 0.169 e. The van der Waals surface area contributed by atoms with E-state index in [1.165, 1.54) is 75.1 Å². The molecule has 3 rings (SSSR count). The first kappa shape index (κ1) is 27.6. The van der Waals surface area contributed by atoms with Gasteiger partial charge in [-0.15, -0.1) is 22.7 Å². The van der Waals surface area contributed by atoms with Gasteiger partial charge < -0.3 is 9.38 Å². The van der Waals surface area contributed by atoms with Crippen molar-refractivity contribution in [1.82, 2.24) is 0 Å². The minimum absolute atomic E-state index is 1.09. The largest absolute Gasteiger partial charge is 0.363 e. The van der Waals surface area contributed by atoms with Crippen LogP contribution in [0.2, 0.25) is 0 Å². The van der Waals surface area contributed by atoms with Crippen LogP contribution in [0.3, 0.4) is 0 Å². The standard InChI is InChI=1S/C30H45N3S2/c1-6-20-32(21-7-2)30-17-16-29(35-30)28-15-14-27(34-28)13-12-26-18-23-31(24-19-26)22-11-25-33(8-3,9-4)10-5/h12-19,23-24H,6-11,20-22,25H2,1-5H3/q+2. The Hall–Kier alpha value is -1.95. The molecule has 0 bridgehead atoms. The fourth-order valence-electron chi connectivity index (χ4n) is 4.72. The minimum atomic E-state index is 1.09. The van der Waals surface area contributed by atoms with Crippen molar-refractivity contribution < 1.29 is 9.05 Å². The van der Waals surface area contributed by atoms with Crippen molar-refractivity contribution in [3.05, 3.63) is 59.2 Å². The predicted octanol–water partition coefficient (Wildman–Crippen LogP) is 7.83. The summed E-state index contributed by atoms with van der Waals surface area (Å²) < 4.78 is 3.55. The molecule has 0 N–H and O–H groups in total. The Kier molecular flexibility index (Phi) is 11.0. The van der Waals surface area contributed by atoms with Crippen molar-refractivity contribution in [3.8, 4) is 9.75 Å². The van der Waals surface area contributed by atoms with Gasteiger partial charge in [-0.05, 0) is 69.5 Å². The summed E-state index contributed by atoms with van der Waals surface area (Å²) in [6, 6.07) is 13.6. The van der Waals surface area contributed by atoms with Crippen LogP contribution in [0.4, 0.5) is 5.00 Å². The molecule has 35 heavy (non-hydrogen) atoms. The Morgan fingerprint density at radius 1 is 0.771 bits per heavy atom. The van der Waals surface area contributed by atoms with Gasteiger partial charge in [0.2, 0.25) is 0 Å². The van der Waals surface area contributed by atoms with Crippen LogP contribution in [0.25, 0.3) is 21.9 Å². The van der Waals surface area contributed by atoms with Crippen LogP contribution in [-0.2, 0) is 6.54 Å². The van der Waals surface area contributed by atoms with Crippen LogP contribution in [0.15, 0.2) is 48.8 Å². The topological polar surface area (TPSA) is 7.12 Å². The van der Waals surface area contributed by atoms with Crippen LogP contribution >= 0.6 is 22.7 Å². The van der Waals surface area contributed by atoms with Gasteiger partial charge in [0.25, 0.3) is 0 Å². The monoisotopic (exact) mass is 511 g/mol. The fraction of sp³-hybridized carbons (Fsp3) is 0.500. The van der Waals surface area contributed by atoms with Crippen LogP contribution < -0.4 is 9.47 Å². The van der Waals surface area contributed by atoms with Crippen molar-refractivity contribution in [1.29, 1.82) is 0 Å². The van der Waals surface area contributed by atoms with Crippen LogP contribution in [-0.4, -0.2) is 43.8 Å². The molecule has 0 spiro atoms. The summed E-state index contributed by atoms with van der Waals surface area (Å²) in [5.41, 5.74) is 1.25. The number of anilines is 1. The molecule has 0 saturated carbocycles. The number of thiophene rings is 2. The van der Waals surface area contributed by atoms with E-state index in [2.05, 4.69) is 105 Å². The third-order valence-electron chi connectivity index (χ3n) is 7.18. The summed E-state index contributed by atoms with van der Waals surface area (Å²) in [6.07, 6.45) is 12.5. The van der Waals surface area contributed by atoms with E-state index in [1.54, 1.807) is 0 Å². The SMILES string of the molecule is CCCN(CCC)c1ccc(-c2ccc(C=Cc3cc[n+](CCC[N+](CC)(CC)CC)cc3)s2)s1. The molecule has 0 saturated heterocycles. The Labute approximate surface area is 221 Å². The van der Waals surface area contributed by atoms with Gasteiger partial charge in [0.1, 0.15) is 0 Å². The molecule has 0 aliphatic rings. The lowest BCUT2D eigenvalue weighted by molar-refractivity contribution is -0.925. The molecule has 0 aliphatic carbocycles. The van der Waals surface area contributed by atoms with Crippen molar-refractivity contribution in [2.75, 3.05) is 44.2 Å². The van der Waals surface area contributed by atoms with E-state index >= 15 is 0 Å². The van der Waals surface area contributed by atoms with E-state index in [0.29, 0.717) is 0 Å². The lowest BCUT2D eigenvalue weighted by Gasteiger charge is -2.35. The molecule has 0 unspecified atom stereocenters. The van der Waals surface area contributed by atoms with E-state index < -0.39 is 0 Å². The van der Waals surface area contributed by atoms with Crippen LogP contribution in [0, 0.1) is 0 Å². The summed E-state index contributed by atoms with van der Waals surface area (Å²) in [5, 5.41) is 1.40. The number of aromatic nitrogens is 1. The average Bonchev–Trinajstić information content (AvgIpc) is 3.56. The molecular weight excluding hydrogens is 466 g/mol. The normalized spacial score (nSPS) is 12.0. The number of nitrogens with zero attached hydrogens (tertiary/aromatic N) is 3. The summed E-state index contributed by atoms with van der Waals surface area (Å²) in [4.78, 5) is 6.57. The maximum absolute atomic E-state index is 2.52. The minimum Gasteiger partial charge on any atom is -0.363 e. The Bertz CT molecular complexity index is 1010. The van der Waals surface area contributed by atoms with E-state index in [4.69, 9.17) is 0 Å². The lowest BCUT2D eigenvalue weighted by Crippen LogP contribution is -2.49. The molecule has 3 aromatic rings. The van der Waals surface area contributed by atoms with Gasteiger partial charge in [0, 0.05) is 39.9 Å². The molecule has 3 nitrogen and oxygen atoms in total. The highest BCUT2D eigenvalue weighted by atomic mass is 32.1. The number of rotatable bonds is 15. The van der Waals surface area contributed by atoms with Gasteiger partial charge in [-0.1, -0.05) is 19.9 Å². The number of aryl methyl sites for hydroxylation is 1. The number of hydrogen-bond donors (Lipinski definition) is 0. The van der Waals surface area contributed by atoms with Gasteiger partial charge in [-0.3, -0.25) is 0 Å². The first-order valence-corrected chi connectivity index (χ1v) is 15.2. The molecule has 0 aromatic carbocycles.